The Morgan fingerprint density at radius 1 is 1.38 bits per heavy atom. The summed E-state index contributed by atoms with van der Waals surface area (Å²) in [4.78, 5) is 11.7. The van der Waals surface area contributed by atoms with E-state index in [9.17, 15) is 4.79 Å². The van der Waals surface area contributed by atoms with Gasteiger partial charge in [0.05, 0.1) is 0 Å². The van der Waals surface area contributed by atoms with Gasteiger partial charge in [0.25, 0.3) is 0 Å². The van der Waals surface area contributed by atoms with Gasteiger partial charge in [-0.05, 0) is 31.3 Å². The van der Waals surface area contributed by atoms with Crippen molar-refractivity contribution >= 4 is 5.78 Å². The van der Waals surface area contributed by atoms with E-state index in [-0.39, 0.29) is 5.92 Å². The molecule has 76 valence electrons. The highest BCUT2D eigenvalue weighted by Gasteiger charge is 2.27. The molecule has 13 heavy (non-hydrogen) atoms. The molecule has 1 aliphatic heterocycles. The summed E-state index contributed by atoms with van der Waals surface area (Å²) in [6.07, 6.45) is 1.82. The molecule has 1 aliphatic rings. The van der Waals surface area contributed by atoms with E-state index in [1.165, 1.54) is 0 Å². The van der Waals surface area contributed by atoms with Gasteiger partial charge in [-0.15, -0.1) is 0 Å². The van der Waals surface area contributed by atoms with Crippen LogP contribution in [0.4, 0.5) is 0 Å². The van der Waals surface area contributed by atoms with Crippen LogP contribution in [-0.4, -0.2) is 18.9 Å². The van der Waals surface area contributed by atoms with E-state index in [1.54, 1.807) is 0 Å². The predicted octanol–water partition coefficient (Wildman–Crippen LogP) is 1.85. The van der Waals surface area contributed by atoms with Crippen LogP contribution in [0, 0.1) is 17.8 Å². The third-order valence-corrected chi connectivity index (χ3v) is 3.00. The van der Waals surface area contributed by atoms with Crippen molar-refractivity contribution in [3.63, 3.8) is 0 Å². The number of ketones is 1. The van der Waals surface area contributed by atoms with Crippen molar-refractivity contribution < 1.29 is 4.79 Å². The van der Waals surface area contributed by atoms with Gasteiger partial charge in [0.15, 0.2) is 0 Å². The monoisotopic (exact) mass is 183 g/mol. The van der Waals surface area contributed by atoms with E-state index in [0.717, 1.165) is 25.9 Å². The van der Waals surface area contributed by atoms with Gasteiger partial charge < -0.3 is 5.32 Å². The predicted molar refractivity (Wildman–Crippen MR) is 54.6 cm³/mol. The first-order chi connectivity index (χ1) is 6.11. The lowest BCUT2D eigenvalue weighted by molar-refractivity contribution is -0.124. The summed E-state index contributed by atoms with van der Waals surface area (Å²) in [7, 11) is 0. The topological polar surface area (TPSA) is 29.1 Å². The maximum absolute atomic E-state index is 11.7. The maximum atomic E-state index is 11.7. The van der Waals surface area contributed by atoms with E-state index in [2.05, 4.69) is 26.1 Å². The minimum Gasteiger partial charge on any atom is -0.316 e. The molecule has 1 heterocycles. The van der Waals surface area contributed by atoms with Gasteiger partial charge in [0.1, 0.15) is 5.78 Å². The van der Waals surface area contributed by atoms with E-state index in [1.807, 2.05) is 0 Å². The molecular formula is C11H21NO. The highest BCUT2D eigenvalue weighted by molar-refractivity contribution is 5.81. The number of hydrogen-bond acceptors (Lipinski definition) is 2. The van der Waals surface area contributed by atoms with Crippen molar-refractivity contribution in [1.82, 2.24) is 5.32 Å². The Labute approximate surface area is 81.1 Å². The van der Waals surface area contributed by atoms with E-state index in [0.29, 0.717) is 17.6 Å². The standard InChI is InChI=1S/C11H21NO/c1-8(2)4-5-11(13)9(3)10-6-12-7-10/h8-10,12H,4-7H2,1-3H3. The van der Waals surface area contributed by atoms with Crippen molar-refractivity contribution in [2.24, 2.45) is 17.8 Å². The Bertz CT molecular complexity index is 173. The Morgan fingerprint density at radius 2 is 2.00 bits per heavy atom. The molecule has 0 aliphatic carbocycles. The molecule has 0 amide bonds. The van der Waals surface area contributed by atoms with Crippen LogP contribution in [0.3, 0.4) is 0 Å². The molecule has 1 rings (SSSR count). The van der Waals surface area contributed by atoms with Gasteiger partial charge in [0, 0.05) is 12.3 Å². The molecule has 0 aromatic heterocycles. The lowest BCUT2D eigenvalue weighted by Crippen LogP contribution is -2.47. The average Bonchev–Trinajstić information content (AvgIpc) is 1.96. The summed E-state index contributed by atoms with van der Waals surface area (Å²) < 4.78 is 0. The average molecular weight is 183 g/mol. The first-order valence-corrected chi connectivity index (χ1v) is 5.34. The molecule has 0 aromatic carbocycles. The van der Waals surface area contributed by atoms with Gasteiger partial charge >= 0.3 is 0 Å². The van der Waals surface area contributed by atoms with Gasteiger partial charge in [0.2, 0.25) is 0 Å². The summed E-state index contributed by atoms with van der Waals surface area (Å²) in [6.45, 7) is 8.49. The molecule has 2 heteroatoms. The van der Waals surface area contributed by atoms with Crippen LogP contribution in [0.2, 0.25) is 0 Å². The van der Waals surface area contributed by atoms with E-state index >= 15 is 0 Å². The van der Waals surface area contributed by atoms with Gasteiger partial charge in [-0.3, -0.25) is 4.79 Å². The quantitative estimate of drug-likeness (QED) is 0.704. The molecule has 0 aromatic rings. The second-order valence-corrected chi connectivity index (χ2v) is 4.61. The molecule has 0 spiro atoms. The molecular weight excluding hydrogens is 162 g/mol. The summed E-state index contributed by atoms with van der Waals surface area (Å²) >= 11 is 0. The normalized spacial score (nSPS) is 20.0. The third kappa shape index (κ3) is 3.11. The molecule has 0 saturated carbocycles. The van der Waals surface area contributed by atoms with Crippen molar-refractivity contribution in [2.45, 2.75) is 33.6 Å². The smallest absolute Gasteiger partial charge is 0.136 e. The van der Waals surface area contributed by atoms with Crippen molar-refractivity contribution in [3.8, 4) is 0 Å². The zero-order valence-electron chi connectivity index (χ0n) is 8.97. The van der Waals surface area contributed by atoms with Crippen LogP contribution >= 0.6 is 0 Å². The molecule has 1 N–H and O–H groups in total. The van der Waals surface area contributed by atoms with Gasteiger partial charge in [-0.25, -0.2) is 0 Å². The zero-order valence-corrected chi connectivity index (χ0v) is 8.97. The summed E-state index contributed by atoms with van der Waals surface area (Å²) in [5, 5.41) is 3.21. The van der Waals surface area contributed by atoms with Gasteiger partial charge in [-0.2, -0.15) is 0 Å². The molecule has 0 radical (unpaired) electrons. The largest absolute Gasteiger partial charge is 0.316 e. The summed E-state index contributed by atoms with van der Waals surface area (Å²) in [5.74, 6) is 2.00. The Morgan fingerprint density at radius 3 is 2.38 bits per heavy atom. The van der Waals surface area contributed by atoms with Gasteiger partial charge in [-0.1, -0.05) is 20.8 Å². The fraction of sp³-hybridized carbons (Fsp3) is 0.909. The van der Waals surface area contributed by atoms with E-state index < -0.39 is 0 Å². The second kappa shape index (κ2) is 4.75. The number of hydrogen-bond donors (Lipinski definition) is 1. The Balaban J connectivity index is 2.21. The highest BCUT2D eigenvalue weighted by Crippen LogP contribution is 2.19. The van der Waals surface area contributed by atoms with Crippen LogP contribution in [-0.2, 0) is 4.79 Å². The number of nitrogens with one attached hydrogen (secondary N) is 1. The zero-order chi connectivity index (χ0) is 9.84. The van der Waals surface area contributed by atoms with Crippen molar-refractivity contribution in [1.29, 1.82) is 0 Å². The highest BCUT2D eigenvalue weighted by atomic mass is 16.1. The van der Waals surface area contributed by atoms with Crippen molar-refractivity contribution in [2.75, 3.05) is 13.1 Å². The van der Waals surface area contributed by atoms with Crippen LogP contribution in [0.25, 0.3) is 0 Å². The first-order valence-electron chi connectivity index (χ1n) is 5.34. The lowest BCUT2D eigenvalue weighted by Gasteiger charge is -2.31. The Hall–Kier alpha value is -0.370. The number of rotatable bonds is 5. The first kappa shape index (κ1) is 10.7. The van der Waals surface area contributed by atoms with Crippen LogP contribution in [0.1, 0.15) is 33.6 Å². The maximum Gasteiger partial charge on any atom is 0.136 e. The fourth-order valence-corrected chi connectivity index (χ4v) is 1.59. The molecule has 1 unspecified atom stereocenters. The summed E-state index contributed by atoms with van der Waals surface area (Å²) in [6, 6.07) is 0. The number of carbonyl (C=O) groups is 1. The molecule has 1 saturated heterocycles. The van der Waals surface area contributed by atoms with E-state index in [4.69, 9.17) is 0 Å². The molecule has 0 bridgehead atoms. The molecule has 1 fully saturated rings. The Kier molecular flexibility index (Phi) is 3.91. The third-order valence-electron chi connectivity index (χ3n) is 3.00. The minimum atomic E-state index is 0.278. The fourth-order valence-electron chi connectivity index (χ4n) is 1.59. The number of Topliss-reactive ketones (excluding diaryl/α,β-unsaturated/α-hetero) is 1. The molecule has 1 atom stereocenters. The summed E-state index contributed by atoms with van der Waals surface area (Å²) in [5.41, 5.74) is 0. The minimum absolute atomic E-state index is 0.278. The number of carbonyl (C=O) groups excluding carboxylic acids is 1. The SMILES string of the molecule is CC(C)CCC(=O)C(C)C1CNC1. The second-order valence-electron chi connectivity index (χ2n) is 4.61. The van der Waals surface area contributed by atoms with Crippen molar-refractivity contribution in [3.05, 3.63) is 0 Å². The van der Waals surface area contributed by atoms with Crippen LogP contribution < -0.4 is 5.32 Å². The molecule has 2 nitrogen and oxygen atoms in total. The van der Waals surface area contributed by atoms with Crippen LogP contribution in [0.15, 0.2) is 0 Å². The van der Waals surface area contributed by atoms with Crippen LogP contribution in [0.5, 0.6) is 0 Å². The lowest BCUT2D eigenvalue weighted by atomic mass is 9.84.